The Morgan fingerprint density at radius 1 is 1.16 bits per heavy atom. The number of likely N-dealkylation sites (tertiary alicyclic amines) is 1. The summed E-state index contributed by atoms with van der Waals surface area (Å²) in [5.41, 5.74) is 4.04. The van der Waals surface area contributed by atoms with E-state index in [1.54, 1.807) is 6.20 Å². The standard InChI is InChI=1S/C20H22N4O/c1-23-18(15-6-3-2-4-7-15)9-10-19(23)20(25)24-13-5-8-16(14-24)17-11-12-21-22-17/h2-4,6-7,9-12,16H,5,8,13-14H2,1H3,(H,21,22). The van der Waals surface area contributed by atoms with E-state index in [0.717, 1.165) is 48.6 Å². The zero-order chi connectivity index (χ0) is 17.2. The first kappa shape index (κ1) is 15.7. The zero-order valence-corrected chi connectivity index (χ0v) is 14.4. The minimum atomic E-state index is 0.105. The van der Waals surface area contributed by atoms with Gasteiger partial charge in [0.1, 0.15) is 5.69 Å². The van der Waals surface area contributed by atoms with Crippen LogP contribution in [0.5, 0.6) is 0 Å². The minimum absolute atomic E-state index is 0.105. The lowest BCUT2D eigenvalue weighted by Gasteiger charge is -2.32. The number of benzene rings is 1. The van der Waals surface area contributed by atoms with Crippen LogP contribution in [0, 0.1) is 0 Å². The third kappa shape index (κ3) is 2.97. The van der Waals surface area contributed by atoms with Crippen LogP contribution in [-0.4, -0.2) is 38.7 Å². The molecule has 3 aromatic rings. The van der Waals surface area contributed by atoms with Crippen LogP contribution in [0.1, 0.15) is 34.9 Å². The smallest absolute Gasteiger partial charge is 0.270 e. The van der Waals surface area contributed by atoms with E-state index >= 15 is 0 Å². The number of aromatic nitrogens is 3. The topological polar surface area (TPSA) is 53.9 Å². The number of piperidine rings is 1. The molecule has 0 aliphatic carbocycles. The van der Waals surface area contributed by atoms with Gasteiger partial charge in [0.25, 0.3) is 5.91 Å². The van der Waals surface area contributed by atoms with E-state index in [1.165, 1.54) is 0 Å². The Kier molecular flexibility index (Phi) is 4.14. The van der Waals surface area contributed by atoms with Crippen LogP contribution in [0.3, 0.4) is 0 Å². The van der Waals surface area contributed by atoms with Crippen LogP contribution in [-0.2, 0) is 7.05 Å². The highest BCUT2D eigenvalue weighted by molar-refractivity contribution is 5.94. The number of hydrogen-bond donors (Lipinski definition) is 1. The summed E-state index contributed by atoms with van der Waals surface area (Å²) >= 11 is 0. The molecule has 2 aromatic heterocycles. The number of nitrogens with one attached hydrogen (secondary N) is 1. The molecule has 128 valence electrons. The molecule has 1 saturated heterocycles. The molecule has 0 bridgehead atoms. The van der Waals surface area contributed by atoms with Gasteiger partial charge in [0.2, 0.25) is 0 Å². The summed E-state index contributed by atoms with van der Waals surface area (Å²) in [6, 6.07) is 16.1. The Morgan fingerprint density at radius 2 is 2.00 bits per heavy atom. The molecule has 1 aliphatic heterocycles. The zero-order valence-electron chi connectivity index (χ0n) is 14.4. The molecule has 1 fully saturated rings. The van der Waals surface area contributed by atoms with Crippen molar-refractivity contribution in [1.29, 1.82) is 0 Å². The van der Waals surface area contributed by atoms with Crippen LogP contribution in [0.15, 0.2) is 54.7 Å². The molecule has 3 heterocycles. The number of carbonyl (C=O) groups excluding carboxylic acids is 1. The van der Waals surface area contributed by atoms with Crippen molar-refractivity contribution in [3.8, 4) is 11.3 Å². The summed E-state index contributed by atoms with van der Waals surface area (Å²) in [6.07, 6.45) is 3.89. The van der Waals surface area contributed by atoms with Gasteiger partial charge in [0.05, 0.1) is 0 Å². The highest BCUT2D eigenvalue weighted by atomic mass is 16.2. The third-order valence-corrected chi connectivity index (χ3v) is 5.08. The number of nitrogens with zero attached hydrogens (tertiary/aromatic N) is 3. The molecule has 0 saturated carbocycles. The lowest BCUT2D eigenvalue weighted by atomic mass is 9.95. The van der Waals surface area contributed by atoms with Crippen molar-refractivity contribution in [1.82, 2.24) is 19.7 Å². The first-order chi connectivity index (χ1) is 12.2. The van der Waals surface area contributed by atoms with Crippen molar-refractivity contribution in [3.05, 3.63) is 66.1 Å². The van der Waals surface area contributed by atoms with E-state index in [-0.39, 0.29) is 5.91 Å². The van der Waals surface area contributed by atoms with Crippen LogP contribution < -0.4 is 0 Å². The summed E-state index contributed by atoms with van der Waals surface area (Å²) in [4.78, 5) is 15.0. The number of H-pyrrole nitrogens is 1. The summed E-state index contributed by atoms with van der Waals surface area (Å²) in [6.45, 7) is 1.56. The van der Waals surface area contributed by atoms with E-state index in [0.29, 0.717) is 5.92 Å². The SMILES string of the molecule is Cn1c(C(=O)N2CCCC(c3ccn[nH]3)C2)ccc1-c1ccccc1. The fraction of sp³-hybridized carbons (Fsp3) is 0.300. The van der Waals surface area contributed by atoms with Crippen molar-refractivity contribution in [2.75, 3.05) is 13.1 Å². The maximum absolute atomic E-state index is 13.1. The maximum atomic E-state index is 13.1. The average molecular weight is 334 g/mol. The van der Waals surface area contributed by atoms with Gasteiger partial charge < -0.3 is 9.47 Å². The molecule has 25 heavy (non-hydrogen) atoms. The molecule has 5 nitrogen and oxygen atoms in total. The van der Waals surface area contributed by atoms with E-state index in [4.69, 9.17) is 0 Å². The molecule has 1 unspecified atom stereocenters. The Morgan fingerprint density at radius 3 is 2.76 bits per heavy atom. The second kappa shape index (κ2) is 6.59. The number of rotatable bonds is 3. The molecule has 1 aromatic carbocycles. The largest absolute Gasteiger partial charge is 0.340 e. The van der Waals surface area contributed by atoms with Gasteiger partial charge in [0.15, 0.2) is 0 Å². The molecule has 4 rings (SSSR count). The second-order valence-electron chi connectivity index (χ2n) is 6.63. The summed E-state index contributed by atoms with van der Waals surface area (Å²) < 4.78 is 2.00. The van der Waals surface area contributed by atoms with Gasteiger partial charge in [0, 0.05) is 43.6 Å². The number of amides is 1. The first-order valence-corrected chi connectivity index (χ1v) is 8.73. The summed E-state index contributed by atoms with van der Waals surface area (Å²) in [5, 5.41) is 7.09. The van der Waals surface area contributed by atoms with Gasteiger partial charge in [-0.1, -0.05) is 30.3 Å². The highest BCUT2D eigenvalue weighted by Crippen LogP contribution is 2.27. The monoisotopic (exact) mass is 334 g/mol. The quantitative estimate of drug-likeness (QED) is 0.798. The molecule has 5 heteroatoms. The fourth-order valence-corrected chi connectivity index (χ4v) is 3.70. The maximum Gasteiger partial charge on any atom is 0.270 e. The van der Waals surface area contributed by atoms with Crippen molar-refractivity contribution < 1.29 is 4.79 Å². The number of hydrogen-bond acceptors (Lipinski definition) is 2. The normalized spacial score (nSPS) is 17.6. The van der Waals surface area contributed by atoms with Crippen LogP contribution >= 0.6 is 0 Å². The summed E-state index contributed by atoms with van der Waals surface area (Å²) in [5.74, 6) is 0.447. The molecule has 1 aliphatic rings. The van der Waals surface area contributed by atoms with Crippen molar-refractivity contribution in [2.45, 2.75) is 18.8 Å². The van der Waals surface area contributed by atoms with Gasteiger partial charge in [-0.05, 0) is 36.6 Å². The lowest BCUT2D eigenvalue weighted by molar-refractivity contribution is 0.0696. The molecule has 0 spiro atoms. The average Bonchev–Trinajstić information content (AvgIpc) is 3.32. The molecular weight excluding hydrogens is 312 g/mol. The molecule has 0 radical (unpaired) electrons. The lowest BCUT2D eigenvalue weighted by Crippen LogP contribution is -2.39. The van der Waals surface area contributed by atoms with Crippen LogP contribution in [0.2, 0.25) is 0 Å². The van der Waals surface area contributed by atoms with Crippen LogP contribution in [0.4, 0.5) is 0 Å². The van der Waals surface area contributed by atoms with Crippen molar-refractivity contribution in [3.63, 3.8) is 0 Å². The van der Waals surface area contributed by atoms with Crippen LogP contribution in [0.25, 0.3) is 11.3 Å². The Balaban J connectivity index is 1.56. The van der Waals surface area contributed by atoms with Gasteiger partial charge in [-0.2, -0.15) is 5.10 Å². The highest BCUT2D eigenvalue weighted by Gasteiger charge is 2.27. The Hall–Kier alpha value is -2.82. The Labute approximate surface area is 147 Å². The first-order valence-electron chi connectivity index (χ1n) is 8.73. The van der Waals surface area contributed by atoms with Gasteiger partial charge >= 0.3 is 0 Å². The molecule has 1 amide bonds. The molecular formula is C20H22N4O. The van der Waals surface area contributed by atoms with E-state index in [1.807, 2.05) is 52.9 Å². The molecule has 1 N–H and O–H groups in total. The minimum Gasteiger partial charge on any atom is -0.340 e. The van der Waals surface area contributed by atoms with Gasteiger partial charge in [-0.15, -0.1) is 0 Å². The Bertz CT molecular complexity index is 851. The van der Waals surface area contributed by atoms with E-state index < -0.39 is 0 Å². The fourth-order valence-electron chi connectivity index (χ4n) is 3.70. The predicted molar refractivity (Wildman–Crippen MR) is 97.3 cm³/mol. The van der Waals surface area contributed by atoms with Gasteiger partial charge in [-0.25, -0.2) is 0 Å². The van der Waals surface area contributed by atoms with Crippen molar-refractivity contribution >= 4 is 5.91 Å². The predicted octanol–water partition coefficient (Wildman–Crippen LogP) is 3.44. The van der Waals surface area contributed by atoms with E-state index in [9.17, 15) is 4.79 Å². The van der Waals surface area contributed by atoms with Gasteiger partial charge in [-0.3, -0.25) is 9.89 Å². The number of aromatic amines is 1. The van der Waals surface area contributed by atoms with E-state index in [2.05, 4.69) is 22.3 Å². The molecule has 1 atom stereocenters. The van der Waals surface area contributed by atoms with Crippen molar-refractivity contribution in [2.24, 2.45) is 7.05 Å². The number of carbonyl (C=O) groups is 1. The third-order valence-electron chi connectivity index (χ3n) is 5.08. The second-order valence-corrected chi connectivity index (χ2v) is 6.63. The summed E-state index contributed by atoms with van der Waals surface area (Å²) in [7, 11) is 1.96.